The van der Waals surface area contributed by atoms with Crippen molar-refractivity contribution >= 4 is 39.7 Å². The number of nitrogens with one attached hydrogen (secondary N) is 2. The Morgan fingerprint density at radius 1 is 1.04 bits per heavy atom. The molecule has 2 N–H and O–H groups in total. The molecule has 0 saturated carbocycles. The average molecular weight is 393 g/mol. The van der Waals surface area contributed by atoms with E-state index in [2.05, 4.69) is 29.7 Å². The Hall–Kier alpha value is -2.92. The number of amides is 1. The second-order valence-corrected chi connectivity index (χ2v) is 7.02. The van der Waals surface area contributed by atoms with Gasteiger partial charge in [0.05, 0.1) is 12.7 Å². The minimum atomic E-state index is -0.306. The van der Waals surface area contributed by atoms with Gasteiger partial charge in [-0.3, -0.25) is 10.1 Å². The predicted molar refractivity (Wildman–Crippen MR) is 119 cm³/mol. The van der Waals surface area contributed by atoms with E-state index >= 15 is 0 Å². The SMILES string of the molecule is CCCCc1ccc(NC(=S)NC(=O)c2cc3ccccc3cc2OC)cc1. The van der Waals surface area contributed by atoms with Crippen molar-refractivity contribution in [2.75, 3.05) is 12.4 Å². The number of rotatable bonds is 6. The largest absolute Gasteiger partial charge is 0.496 e. The molecule has 4 nitrogen and oxygen atoms in total. The summed E-state index contributed by atoms with van der Waals surface area (Å²) in [5, 5.41) is 8.03. The molecule has 0 aliphatic carbocycles. The predicted octanol–water partition coefficient (Wildman–Crippen LogP) is 5.32. The van der Waals surface area contributed by atoms with E-state index in [1.807, 2.05) is 48.5 Å². The first-order valence-corrected chi connectivity index (χ1v) is 9.79. The number of fused-ring (bicyclic) bond motifs is 1. The molecule has 0 aliphatic rings. The van der Waals surface area contributed by atoms with Crippen LogP contribution >= 0.6 is 12.2 Å². The van der Waals surface area contributed by atoms with Crippen molar-refractivity contribution in [2.45, 2.75) is 26.2 Å². The molecule has 0 aromatic heterocycles. The normalized spacial score (nSPS) is 10.5. The summed E-state index contributed by atoms with van der Waals surface area (Å²) in [5.41, 5.74) is 2.58. The molecule has 28 heavy (non-hydrogen) atoms. The number of aryl methyl sites for hydroxylation is 1. The minimum Gasteiger partial charge on any atom is -0.496 e. The summed E-state index contributed by atoms with van der Waals surface area (Å²) in [6.45, 7) is 2.18. The zero-order chi connectivity index (χ0) is 19.9. The molecule has 0 bridgehead atoms. The molecular formula is C23H24N2O2S. The van der Waals surface area contributed by atoms with Crippen LogP contribution in [-0.4, -0.2) is 18.1 Å². The summed E-state index contributed by atoms with van der Waals surface area (Å²) in [6.07, 6.45) is 3.42. The molecule has 0 atom stereocenters. The van der Waals surface area contributed by atoms with E-state index in [9.17, 15) is 4.79 Å². The van der Waals surface area contributed by atoms with Gasteiger partial charge < -0.3 is 10.1 Å². The molecule has 1 amide bonds. The van der Waals surface area contributed by atoms with Gasteiger partial charge >= 0.3 is 0 Å². The Labute approximate surface area is 170 Å². The maximum absolute atomic E-state index is 12.7. The molecule has 0 fully saturated rings. The first-order chi connectivity index (χ1) is 13.6. The monoisotopic (exact) mass is 392 g/mol. The Morgan fingerprint density at radius 3 is 2.36 bits per heavy atom. The molecule has 3 rings (SSSR count). The molecule has 0 radical (unpaired) electrons. The summed E-state index contributed by atoms with van der Waals surface area (Å²) in [4.78, 5) is 12.7. The molecule has 3 aromatic carbocycles. The molecule has 0 saturated heterocycles. The van der Waals surface area contributed by atoms with Gasteiger partial charge in [0.2, 0.25) is 0 Å². The number of unbranched alkanes of at least 4 members (excludes halogenated alkanes) is 1. The zero-order valence-corrected chi connectivity index (χ0v) is 16.9. The fourth-order valence-electron chi connectivity index (χ4n) is 3.03. The summed E-state index contributed by atoms with van der Waals surface area (Å²) < 4.78 is 5.40. The smallest absolute Gasteiger partial charge is 0.261 e. The molecule has 144 valence electrons. The average Bonchev–Trinajstić information content (AvgIpc) is 2.72. The highest BCUT2D eigenvalue weighted by Crippen LogP contribution is 2.26. The van der Waals surface area contributed by atoms with Gasteiger partial charge in [-0.05, 0) is 65.7 Å². The molecule has 0 aliphatic heterocycles. The van der Waals surface area contributed by atoms with E-state index in [1.54, 1.807) is 7.11 Å². The van der Waals surface area contributed by atoms with Gasteiger partial charge in [-0.25, -0.2) is 0 Å². The first kappa shape index (κ1) is 19.8. The number of hydrogen-bond donors (Lipinski definition) is 2. The van der Waals surface area contributed by atoms with Gasteiger partial charge in [-0.15, -0.1) is 0 Å². The van der Waals surface area contributed by atoms with Crippen LogP contribution in [0.2, 0.25) is 0 Å². The van der Waals surface area contributed by atoms with Gasteiger partial charge in [-0.2, -0.15) is 0 Å². The highest BCUT2D eigenvalue weighted by molar-refractivity contribution is 7.80. The molecule has 0 heterocycles. The van der Waals surface area contributed by atoms with Crippen LogP contribution in [0, 0.1) is 0 Å². The maximum atomic E-state index is 12.7. The number of thiocarbonyl (C=S) groups is 1. The quantitative estimate of drug-likeness (QED) is 0.558. The van der Waals surface area contributed by atoms with Crippen LogP contribution in [0.25, 0.3) is 10.8 Å². The zero-order valence-electron chi connectivity index (χ0n) is 16.1. The van der Waals surface area contributed by atoms with Crippen molar-refractivity contribution in [1.29, 1.82) is 0 Å². The van der Waals surface area contributed by atoms with Crippen LogP contribution in [0.15, 0.2) is 60.7 Å². The van der Waals surface area contributed by atoms with Crippen molar-refractivity contribution in [3.63, 3.8) is 0 Å². The van der Waals surface area contributed by atoms with Gasteiger partial charge in [0.15, 0.2) is 5.11 Å². The molecule has 0 unspecified atom stereocenters. The van der Waals surface area contributed by atoms with Crippen molar-refractivity contribution < 1.29 is 9.53 Å². The van der Waals surface area contributed by atoms with E-state index in [0.717, 1.165) is 22.9 Å². The lowest BCUT2D eigenvalue weighted by atomic mass is 10.1. The van der Waals surface area contributed by atoms with Crippen LogP contribution in [0.3, 0.4) is 0 Å². The Kier molecular flexibility index (Phi) is 6.61. The van der Waals surface area contributed by atoms with Crippen molar-refractivity contribution in [3.05, 3.63) is 71.8 Å². The number of hydrogen-bond acceptors (Lipinski definition) is 3. The van der Waals surface area contributed by atoms with Gasteiger partial charge in [0, 0.05) is 5.69 Å². The van der Waals surface area contributed by atoms with Crippen molar-refractivity contribution in [3.8, 4) is 5.75 Å². The van der Waals surface area contributed by atoms with Crippen LogP contribution in [0.4, 0.5) is 5.69 Å². The molecule has 0 spiro atoms. The van der Waals surface area contributed by atoms with E-state index in [1.165, 1.54) is 18.4 Å². The Morgan fingerprint density at radius 2 is 1.71 bits per heavy atom. The third kappa shape index (κ3) is 4.87. The second kappa shape index (κ2) is 9.33. The maximum Gasteiger partial charge on any atom is 0.261 e. The number of carbonyl (C=O) groups excluding carboxylic acids is 1. The van der Waals surface area contributed by atoms with E-state index in [0.29, 0.717) is 11.3 Å². The van der Waals surface area contributed by atoms with Crippen molar-refractivity contribution in [2.24, 2.45) is 0 Å². The summed E-state index contributed by atoms with van der Waals surface area (Å²) in [6, 6.07) is 19.6. The van der Waals surface area contributed by atoms with Gasteiger partial charge in [-0.1, -0.05) is 49.7 Å². The Balaban J connectivity index is 1.68. The van der Waals surface area contributed by atoms with Crippen LogP contribution in [0.1, 0.15) is 35.7 Å². The molecular weight excluding hydrogens is 368 g/mol. The number of methoxy groups -OCH3 is 1. The number of carbonyl (C=O) groups is 1. The highest BCUT2D eigenvalue weighted by Gasteiger charge is 2.15. The highest BCUT2D eigenvalue weighted by atomic mass is 32.1. The lowest BCUT2D eigenvalue weighted by Gasteiger charge is -2.13. The van der Waals surface area contributed by atoms with Crippen LogP contribution < -0.4 is 15.4 Å². The second-order valence-electron chi connectivity index (χ2n) is 6.61. The minimum absolute atomic E-state index is 0.251. The topological polar surface area (TPSA) is 50.4 Å². The third-order valence-electron chi connectivity index (χ3n) is 4.57. The number of anilines is 1. The lowest BCUT2D eigenvalue weighted by Crippen LogP contribution is -2.34. The number of ether oxygens (including phenoxy) is 1. The van der Waals surface area contributed by atoms with E-state index < -0.39 is 0 Å². The van der Waals surface area contributed by atoms with E-state index in [4.69, 9.17) is 17.0 Å². The van der Waals surface area contributed by atoms with E-state index in [-0.39, 0.29) is 11.0 Å². The lowest BCUT2D eigenvalue weighted by molar-refractivity contribution is 0.0975. The molecule has 5 heteroatoms. The van der Waals surface area contributed by atoms with Crippen molar-refractivity contribution in [1.82, 2.24) is 5.32 Å². The first-order valence-electron chi connectivity index (χ1n) is 9.38. The summed E-state index contributed by atoms with van der Waals surface area (Å²) >= 11 is 5.31. The fourth-order valence-corrected chi connectivity index (χ4v) is 3.24. The number of benzene rings is 3. The Bertz CT molecular complexity index is 984. The summed E-state index contributed by atoms with van der Waals surface area (Å²) in [5.74, 6) is 0.207. The van der Waals surface area contributed by atoms with Gasteiger partial charge in [0.1, 0.15) is 5.75 Å². The third-order valence-corrected chi connectivity index (χ3v) is 4.77. The standard InChI is InChI=1S/C23H24N2O2S/c1-3-4-7-16-10-12-19(13-11-16)24-23(28)25-22(26)20-14-17-8-5-6-9-18(17)15-21(20)27-2/h5-6,8-15H,3-4,7H2,1-2H3,(H2,24,25,26,28). The van der Waals surface area contributed by atoms with Gasteiger partial charge in [0.25, 0.3) is 5.91 Å². The van der Waals surface area contributed by atoms with Crippen LogP contribution in [-0.2, 0) is 6.42 Å². The van der Waals surface area contributed by atoms with Crippen LogP contribution in [0.5, 0.6) is 5.75 Å². The summed E-state index contributed by atoms with van der Waals surface area (Å²) in [7, 11) is 1.55. The fraction of sp³-hybridized carbons (Fsp3) is 0.217. The molecule has 3 aromatic rings.